The van der Waals surface area contributed by atoms with Crippen molar-refractivity contribution in [1.82, 2.24) is 19.5 Å². The van der Waals surface area contributed by atoms with E-state index < -0.39 is 10.0 Å². The Bertz CT molecular complexity index is 669. The maximum Gasteiger partial charge on any atom is 0.243 e. The van der Waals surface area contributed by atoms with Gasteiger partial charge in [0.25, 0.3) is 0 Å². The van der Waals surface area contributed by atoms with Crippen LogP contribution in [0.25, 0.3) is 0 Å². The lowest BCUT2D eigenvalue weighted by molar-refractivity contribution is 0.560. The van der Waals surface area contributed by atoms with Crippen LogP contribution in [0.1, 0.15) is 5.56 Å². The number of hydrogen-bond donors (Lipinski definition) is 1. The lowest BCUT2D eigenvalue weighted by atomic mass is 10.4. The molecule has 0 aromatic carbocycles. The summed E-state index contributed by atoms with van der Waals surface area (Å²) in [6, 6.07) is 1.44. The van der Waals surface area contributed by atoms with Gasteiger partial charge >= 0.3 is 0 Å². The molecule has 6 nitrogen and oxygen atoms in total. The zero-order valence-corrected chi connectivity index (χ0v) is 11.8. The first-order chi connectivity index (χ1) is 8.99. The van der Waals surface area contributed by atoms with E-state index in [0.717, 1.165) is 5.56 Å². The van der Waals surface area contributed by atoms with Crippen molar-refractivity contribution >= 4 is 21.6 Å². The van der Waals surface area contributed by atoms with Gasteiger partial charge in [-0.25, -0.2) is 13.1 Å². The van der Waals surface area contributed by atoms with Crippen LogP contribution in [0, 0.1) is 6.92 Å². The fourth-order valence-electron chi connectivity index (χ4n) is 1.52. The van der Waals surface area contributed by atoms with E-state index in [-0.39, 0.29) is 16.5 Å². The first kappa shape index (κ1) is 14.0. The van der Waals surface area contributed by atoms with Crippen molar-refractivity contribution in [2.75, 3.05) is 6.54 Å². The second-order valence-electron chi connectivity index (χ2n) is 3.98. The van der Waals surface area contributed by atoms with Crippen LogP contribution in [0.2, 0.25) is 5.02 Å². The summed E-state index contributed by atoms with van der Waals surface area (Å²) in [5.41, 5.74) is 1.03. The van der Waals surface area contributed by atoms with E-state index in [1.807, 2.05) is 13.1 Å². The van der Waals surface area contributed by atoms with Crippen molar-refractivity contribution < 1.29 is 8.42 Å². The molecule has 2 aromatic rings. The molecule has 102 valence electrons. The van der Waals surface area contributed by atoms with E-state index in [9.17, 15) is 8.42 Å². The van der Waals surface area contributed by atoms with Crippen LogP contribution >= 0.6 is 11.6 Å². The maximum absolute atomic E-state index is 12.0. The SMILES string of the molecule is Cc1cnn(CCNS(=O)(=O)c2cnccc2Cl)c1. The number of hydrogen-bond acceptors (Lipinski definition) is 4. The van der Waals surface area contributed by atoms with Crippen molar-refractivity contribution in [1.29, 1.82) is 0 Å². The molecule has 0 spiro atoms. The zero-order valence-electron chi connectivity index (χ0n) is 10.2. The van der Waals surface area contributed by atoms with Crippen molar-refractivity contribution in [3.63, 3.8) is 0 Å². The van der Waals surface area contributed by atoms with Crippen LogP contribution in [0.3, 0.4) is 0 Å². The van der Waals surface area contributed by atoms with Crippen molar-refractivity contribution in [3.05, 3.63) is 41.4 Å². The normalized spacial score (nSPS) is 11.7. The summed E-state index contributed by atoms with van der Waals surface area (Å²) < 4.78 is 28.1. The van der Waals surface area contributed by atoms with E-state index in [4.69, 9.17) is 11.6 Å². The minimum absolute atomic E-state index is 0.0201. The molecule has 0 amide bonds. The van der Waals surface area contributed by atoms with E-state index >= 15 is 0 Å². The molecule has 0 fully saturated rings. The molecule has 0 atom stereocenters. The second kappa shape index (κ2) is 5.68. The molecule has 2 heterocycles. The quantitative estimate of drug-likeness (QED) is 0.900. The highest BCUT2D eigenvalue weighted by atomic mass is 35.5. The number of aromatic nitrogens is 3. The van der Waals surface area contributed by atoms with Crippen LogP contribution in [0.15, 0.2) is 35.7 Å². The van der Waals surface area contributed by atoms with Crippen LogP contribution in [-0.2, 0) is 16.6 Å². The Morgan fingerprint density at radius 1 is 1.42 bits per heavy atom. The topological polar surface area (TPSA) is 76.9 Å². The number of aryl methyl sites for hydroxylation is 1. The molecule has 0 aliphatic rings. The van der Waals surface area contributed by atoms with Gasteiger partial charge in [0.05, 0.1) is 17.8 Å². The Morgan fingerprint density at radius 3 is 2.84 bits per heavy atom. The van der Waals surface area contributed by atoms with Gasteiger partial charge in [0.2, 0.25) is 10.0 Å². The molecular weight excluding hydrogens is 288 g/mol. The van der Waals surface area contributed by atoms with Crippen molar-refractivity contribution in [2.24, 2.45) is 0 Å². The van der Waals surface area contributed by atoms with E-state index in [1.54, 1.807) is 10.9 Å². The third kappa shape index (κ3) is 3.52. The first-order valence-corrected chi connectivity index (χ1v) is 7.43. The Morgan fingerprint density at radius 2 is 2.21 bits per heavy atom. The Hall–Kier alpha value is -1.44. The Kier molecular flexibility index (Phi) is 4.18. The smallest absolute Gasteiger partial charge is 0.243 e. The third-order valence-corrected chi connectivity index (χ3v) is 4.35. The van der Waals surface area contributed by atoms with Gasteiger partial charge in [-0.2, -0.15) is 5.10 Å². The van der Waals surface area contributed by atoms with E-state index in [2.05, 4.69) is 14.8 Å². The van der Waals surface area contributed by atoms with Crippen LogP contribution in [-0.4, -0.2) is 29.7 Å². The number of halogens is 1. The average molecular weight is 301 g/mol. The standard InChI is InChI=1S/C11H13ClN4O2S/c1-9-6-14-16(8-9)5-4-15-19(17,18)11-7-13-3-2-10(11)12/h2-3,6-8,15H,4-5H2,1H3. The molecule has 0 unspecified atom stereocenters. The Balaban J connectivity index is 2.01. The summed E-state index contributed by atoms with van der Waals surface area (Å²) in [7, 11) is -3.64. The van der Waals surface area contributed by atoms with Gasteiger partial charge in [-0.1, -0.05) is 11.6 Å². The van der Waals surface area contributed by atoms with Gasteiger partial charge in [-0.3, -0.25) is 9.67 Å². The van der Waals surface area contributed by atoms with Gasteiger partial charge < -0.3 is 0 Å². The summed E-state index contributed by atoms with van der Waals surface area (Å²) in [5, 5.41) is 4.22. The first-order valence-electron chi connectivity index (χ1n) is 5.57. The van der Waals surface area contributed by atoms with Gasteiger partial charge in [-0.05, 0) is 18.6 Å². The molecule has 2 aromatic heterocycles. The lowest BCUT2D eigenvalue weighted by Crippen LogP contribution is -2.27. The molecule has 0 aliphatic carbocycles. The summed E-state index contributed by atoms with van der Waals surface area (Å²) >= 11 is 5.83. The number of sulfonamides is 1. The molecule has 8 heteroatoms. The summed E-state index contributed by atoms with van der Waals surface area (Å²) in [6.45, 7) is 2.60. The predicted molar refractivity (Wildman–Crippen MR) is 71.4 cm³/mol. The number of nitrogens with one attached hydrogen (secondary N) is 1. The monoisotopic (exact) mass is 300 g/mol. The minimum atomic E-state index is -3.64. The number of pyridine rings is 1. The van der Waals surface area contributed by atoms with Crippen LogP contribution < -0.4 is 4.72 Å². The molecule has 1 N–H and O–H groups in total. The van der Waals surface area contributed by atoms with E-state index in [1.165, 1.54) is 18.5 Å². The van der Waals surface area contributed by atoms with Gasteiger partial charge in [-0.15, -0.1) is 0 Å². The molecule has 0 aliphatic heterocycles. The fourth-order valence-corrected chi connectivity index (χ4v) is 2.97. The molecule has 0 saturated carbocycles. The fraction of sp³-hybridized carbons (Fsp3) is 0.273. The molecule has 0 saturated heterocycles. The molecule has 0 bridgehead atoms. The second-order valence-corrected chi connectivity index (χ2v) is 6.13. The molecule has 2 rings (SSSR count). The largest absolute Gasteiger partial charge is 0.271 e. The van der Waals surface area contributed by atoms with Crippen molar-refractivity contribution in [3.8, 4) is 0 Å². The summed E-state index contributed by atoms with van der Waals surface area (Å²) in [4.78, 5) is 3.74. The van der Waals surface area contributed by atoms with Crippen LogP contribution in [0.5, 0.6) is 0 Å². The maximum atomic E-state index is 12.0. The predicted octanol–water partition coefficient (Wildman–Crippen LogP) is 1.22. The van der Waals surface area contributed by atoms with Crippen LogP contribution in [0.4, 0.5) is 0 Å². The number of nitrogens with zero attached hydrogens (tertiary/aromatic N) is 3. The van der Waals surface area contributed by atoms with Gasteiger partial charge in [0.1, 0.15) is 4.90 Å². The van der Waals surface area contributed by atoms with Gasteiger partial charge in [0.15, 0.2) is 0 Å². The summed E-state index contributed by atoms with van der Waals surface area (Å²) in [6.07, 6.45) is 6.22. The highest BCUT2D eigenvalue weighted by Gasteiger charge is 2.17. The van der Waals surface area contributed by atoms with Crippen molar-refractivity contribution in [2.45, 2.75) is 18.4 Å². The molecule has 0 radical (unpaired) electrons. The summed E-state index contributed by atoms with van der Waals surface area (Å²) in [5.74, 6) is 0. The Labute approximate surface area is 116 Å². The minimum Gasteiger partial charge on any atom is -0.271 e. The van der Waals surface area contributed by atoms with E-state index in [0.29, 0.717) is 6.54 Å². The highest BCUT2D eigenvalue weighted by Crippen LogP contribution is 2.18. The highest BCUT2D eigenvalue weighted by molar-refractivity contribution is 7.89. The molecular formula is C11H13ClN4O2S. The number of rotatable bonds is 5. The average Bonchev–Trinajstić information content (AvgIpc) is 2.75. The third-order valence-electron chi connectivity index (χ3n) is 2.42. The lowest BCUT2D eigenvalue weighted by Gasteiger charge is -2.07. The molecule has 19 heavy (non-hydrogen) atoms. The van der Waals surface area contributed by atoms with Gasteiger partial charge in [0, 0.05) is 25.1 Å². The zero-order chi connectivity index (χ0) is 13.9.